The number of carbonyl (C=O) groups excluding carboxylic acids is 1. The summed E-state index contributed by atoms with van der Waals surface area (Å²) in [6, 6.07) is 20.2. The summed E-state index contributed by atoms with van der Waals surface area (Å²) in [5.74, 6) is -0.249. The van der Waals surface area contributed by atoms with Crippen molar-refractivity contribution >= 4 is 33.2 Å². The molecule has 0 unspecified atom stereocenters. The number of hydrogen-bond acceptors (Lipinski definition) is 3. The van der Waals surface area contributed by atoms with E-state index in [1.54, 1.807) is 55.5 Å². The summed E-state index contributed by atoms with van der Waals surface area (Å²) >= 11 is 5.94. The highest BCUT2D eigenvalue weighted by Gasteiger charge is 2.15. The molecule has 0 bridgehead atoms. The normalized spacial score (nSPS) is 11.1. The van der Waals surface area contributed by atoms with Gasteiger partial charge in [-0.1, -0.05) is 41.9 Å². The first-order valence-corrected chi connectivity index (χ1v) is 10.4. The van der Waals surface area contributed by atoms with Crippen LogP contribution < -0.4 is 10.0 Å². The average Bonchev–Trinajstić information content (AvgIpc) is 2.68. The van der Waals surface area contributed by atoms with Gasteiger partial charge in [-0.2, -0.15) is 0 Å². The number of amides is 1. The third-order valence-electron chi connectivity index (χ3n) is 4.13. The molecule has 0 fully saturated rings. The topological polar surface area (TPSA) is 75.3 Å². The van der Waals surface area contributed by atoms with Crippen molar-refractivity contribution in [1.82, 2.24) is 5.32 Å². The molecule has 28 heavy (non-hydrogen) atoms. The summed E-state index contributed by atoms with van der Waals surface area (Å²) in [5, 5.41) is 3.44. The Kier molecular flexibility index (Phi) is 6.02. The summed E-state index contributed by atoms with van der Waals surface area (Å²) in [7, 11) is -3.68. The zero-order valence-corrected chi connectivity index (χ0v) is 16.7. The second-order valence-corrected chi connectivity index (χ2v) is 8.38. The van der Waals surface area contributed by atoms with Gasteiger partial charge in [0.25, 0.3) is 15.9 Å². The van der Waals surface area contributed by atoms with Gasteiger partial charge in [0.05, 0.1) is 10.6 Å². The van der Waals surface area contributed by atoms with Crippen LogP contribution in [0.1, 0.15) is 21.5 Å². The Morgan fingerprint density at radius 3 is 2.39 bits per heavy atom. The van der Waals surface area contributed by atoms with Crippen LogP contribution >= 0.6 is 11.6 Å². The van der Waals surface area contributed by atoms with E-state index in [4.69, 9.17) is 11.6 Å². The lowest BCUT2D eigenvalue weighted by Gasteiger charge is -2.12. The van der Waals surface area contributed by atoms with Crippen LogP contribution in [0.3, 0.4) is 0 Å². The highest BCUT2D eigenvalue weighted by Crippen LogP contribution is 2.21. The fraction of sp³-hybridized carbons (Fsp3) is 0.0952. The van der Waals surface area contributed by atoms with Gasteiger partial charge in [-0.05, 0) is 60.5 Å². The summed E-state index contributed by atoms with van der Waals surface area (Å²) in [6.45, 7) is 2.09. The van der Waals surface area contributed by atoms with Gasteiger partial charge < -0.3 is 5.32 Å². The number of carbonyl (C=O) groups is 1. The minimum Gasteiger partial charge on any atom is -0.348 e. The van der Waals surface area contributed by atoms with Gasteiger partial charge in [0.15, 0.2) is 0 Å². The highest BCUT2D eigenvalue weighted by atomic mass is 35.5. The van der Waals surface area contributed by atoms with E-state index in [0.29, 0.717) is 28.4 Å². The molecule has 0 saturated carbocycles. The van der Waals surface area contributed by atoms with Crippen molar-refractivity contribution in [2.24, 2.45) is 0 Å². The van der Waals surface area contributed by atoms with Crippen molar-refractivity contribution in [3.8, 4) is 0 Å². The molecule has 3 aromatic carbocycles. The average molecular weight is 415 g/mol. The van der Waals surface area contributed by atoms with Crippen LogP contribution in [0.4, 0.5) is 5.69 Å². The monoisotopic (exact) mass is 414 g/mol. The van der Waals surface area contributed by atoms with Crippen LogP contribution in [0.2, 0.25) is 5.02 Å². The van der Waals surface area contributed by atoms with Crippen LogP contribution in [-0.4, -0.2) is 14.3 Å². The summed E-state index contributed by atoms with van der Waals surface area (Å²) in [4.78, 5) is 12.6. The first kappa shape index (κ1) is 19.9. The minimum atomic E-state index is -3.68. The molecule has 0 atom stereocenters. The van der Waals surface area contributed by atoms with E-state index in [1.165, 1.54) is 12.1 Å². The van der Waals surface area contributed by atoms with Crippen LogP contribution in [0.25, 0.3) is 0 Å². The van der Waals surface area contributed by atoms with Crippen LogP contribution in [0, 0.1) is 6.92 Å². The molecule has 1 amide bonds. The Bertz CT molecular complexity index is 1100. The molecule has 144 valence electrons. The molecule has 0 spiro atoms. The van der Waals surface area contributed by atoms with Crippen LogP contribution in [0.5, 0.6) is 0 Å². The van der Waals surface area contributed by atoms with Gasteiger partial charge in [-0.3, -0.25) is 9.52 Å². The maximum atomic E-state index is 12.5. The first-order chi connectivity index (χ1) is 13.3. The predicted octanol–water partition coefficient (Wildman–Crippen LogP) is 4.38. The van der Waals surface area contributed by atoms with Crippen molar-refractivity contribution in [2.75, 3.05) is 4.72 Å². The number of aryl methyl sites for hydroxylation is 1. The van der Waals surface area contributed by atoms with Crippen molar-refractivity contribution in [3.05, 3.63) is 94.5 Å². The van der Waals surface area contributed by atoms with Gasteiger partial charge in [-0.15, -0.1) is 0 Å². The predicted molar refractivity (Wildman–Crippen MR) is 111 cm³/mol. The van der Waals surface area contributed by atoms with Gasteiger partial charge in [-0.25, -0.2) is 8.42 Å². The van der Waals surface area contributed by atoms with E-state index in [0.717, 1.165) is 5.56 Å². The molecular weight excluding hydrogens is 396 g/mol. The maximum Gasteiger partial charge on any atom is 0.261 e. The zero-order chi connectivity index (χ0) is 20.1. The number of sulfonamides is 1. The van der Waals surface area contributed by atoms with E-state index >= 15 is 0 Å². The number of anilines is 1. The smallest absolute Gasteiger partial charge is 0.261 e. The summed E-state index contributed by atoms with van der Waals surface area (Å²) in [5.41, 5.74) is 2.41. The quantitative estimate of drug-likeness (QED) is 0.628. The Morgan fingerprint density at radius 1 is 0.964 bits per heavy atom. The number of benzene rings is 3. The zero-order valence-electron chi connectivity index (χ0n) is 15.1. The molecule has 3 rings (SSSR count). The van der Waals surface area contributed by atoms with E-state index in [9.17, 15) is 13.2 Å². The molecule has 5 nitrogen and oxygen atoms in total. The molecule has 0 radical (unpaired) electrons. The van der Waals surface area contributed by atoms with E-state index in [1.807, 2.05) is 12.1 Å². The SMILES string of the molecule is Cc1cc(C(=O)NCc2cccc(Cl)c2)ccc1NS(=O)(=O)c1ccccc1. The second kappa shape index (κ2) is 8.46. The van der Waals surface area contributed by atoms with Crippen molar-refractivity contribution in [2.45, 2.75) is 18.4 Å². The maximum absolute atomic E-state index is 12.5. The fourth-order valence-electron chi connectivity index (χ4n) is 2.65. The lowest BCUT2D eigenvalue weighted by Crippen LogP contribution is -2.23. The molecular formula is C21H19ClN2O3S. The Hall–Kier alpha value is -2.83. The van der Waals surface area contributed by atoms with Crippen molar-refractivity contribution in [3.63, 3.8) is 0 Å². The minimum absolute atomic E-state index is 0.178. The van der Waals surface area contributed by atoms with Gasteiger partial charge >= 0.3 is 0 Å². The van der Waals surface area contributed by atoms with E-state index in [2.05, 4.69) is 10.0 Å². The Balaban J connectivity index is 1.70. The Morgan fingerprint density at radius 2 is 1.71 bits per heavy atom. The molecule has 0 aromatic heterocycles. The Labute approximate surface area is 169 Å². The van der Waals surface area contributed by atoms with Crippen molar-refractivity contribution < 1.29 is 13.2 Å². The first-order valence-electron chi connectivity index (χ1n) is 8.56. The number of hydrogen-bond donors (Lipinski definition) is 2. The molecule has 0 aliphatic heterocycles. The van der Waals surface area contributed by atoms with E-state index < -0.39 is 10.0 Å². The number of halogens is 1. The molecule has 2 N–H and O–H groups in total. The second-order valence-electron chi connectivity index (χ2n) is 6.26. The van der Waals surface area contributed by atoms with Crippen LogP contribution in [-0.2, 0) is 16.6 Å². The largest absolute Gasteiger partial charge is 0.348 e. The molecule has 3 aromatic rings. The molecule has 0 heterocycles. The molecule has 7 heteroatoms. The summed E-state index contributed by atoms with van der Waals surface area (Å²) in [6.07, 6.45) is 0. The van der Waals surface area contributed by atoms with Crippen molar-refractivity contribution in [1.29, 1.82) is 0 Å². The van der Waals surface area contributed by atoms with Gasteiger partial charge in [0.1, 0.15) is 0 Å². The fourth-order valence-corrected chi connectivity index (χ4v) is 4.02. The lowest BCUT2D eigenvalue weighted by atomic mass is 10.1. The third-order valence-corrected chi connectivity index (χ3v) is 5.75. The number of nitrogens with one attached hydrogen (secondary N) is 2. The summed E-state index contributed by atoms with van der Waals surface area (Å²) < 4.78 is 27.5. The van der Waals surface area contributed by atoms with Gasteiger partial charge in [0.2, 0.25) is 0 Å². The highest BCUT2D eigenvalue weighted by molar-refractivity contribution is 7.92. The molecule has 0 saturated heterocycles. The van der Waals surface area contributed by atoms with E-state index in [-0.39, 0.29) is 10.8 Å². The molecule has 0 aliphatic carbocycles. The third kappa shape index (κ3) is 4.91. The van der Waals surface area contributed by atoms with Crippen LogP contribution in [0.15, 0.2) is 77.7 Å². The number of rotatable bonds is 6. The lowest BCUT2D eigenvalue weighted by molar-refractivity contribution is 0.0951. The van der Waals surface area contributed by atoms with Gasteiger partial charge in [0, 0.05) is 17.1 Å². The molecule has 0 aliphatic rings. The standard InChI is InChI=1S/C21H19ClN2O3S/c1-15-12-17(21(25)23-14-16-6-5-7-18(22)13-16)10-11-20(15)24-28(26,27)19-8-3-2-4-9-19/h2-13,24H,14H2,1H3,(H,23,25).